The maximum absolute atomic E-state index is 2.55. The lowest BCUT2D eigenvalue weighted by atomic mass is 9.91. The van der Waals surface area contributed by atoms with Gasteiger partial charge in [0.2, 0.25) is 0 Å². The highest BCUT2D eigenvalue weighted by Crippen LogP contribution is 2.50. The van der Waals surface area contributed by atoms with Gasteiger partial charge in [0.1, 0.15) is 0 Å². The number of benzene rings is 6. The smallest absolute Gasteiger partial charge is 0.0574 e. The third-order valence-electron chi connectivity index (χ3n) is 7.98. The number of hydrogen-bond donors (Lipinski definition) is 0. The second-order valence-corrected chi connectivity index (χ2v) is 9.54. The summed E-state index contributed by atoms with van der Waals surface area (Å²) >= 11 is 0. The van der Waals surface area contributed by atoms with Crippen molar-refractivity contribution < 1.29 is 0 Å². The molecule has 1 nitrogen and oxygen atoms in total. The number of aromatic nitrogens is 1. The molecule has 1 aliphatic rings. The van der Waals surface area contributed by atoms with Crippen LogP contribution >= 0.6 is 0 Å². The van der Waals surface area contributed by atoms with Crippen LogP contribution in [-0.4, -0.2) is 4.57 Å². The van der Waals surface area contributed by atoms with Crippen LogP contribution in [0.3, 0.4) is 0 Å². The Morgan fingerprint density at radius 2 is 1.26 bits per heavy atom. The number of rotatable bonds is 1. The molecule has 8 rings (SSSR count). The van der Waals surface area contributed by atoms with Crippen molar-refractivity contribution in [1.29, 1.82) is 0 Å². The van der Waals surface area contributed by atoms with Crippen molar-refractivity contribution in [2.24, 2.45) is 0 Å². The molecule has 0 N–H and O–H groups in total. The van der Waals surface area contributed by atoms with Gasteiger partial charge in [-0.3, -0.25) is 0 Å². The highest BCUT2D eigenvalue weighted by molar-refractivity contribution is 6.26. The summed E-state index contributed by atoms with van der Waals surface area (Å²) in [4.78, 5) is 0. The van der Waals surface area contributed by atoms with Crippen LogP contribution in [-0.2, 0) is 13.0 Å². The van der Waals surface area contributed by atoms with Crippen LogP contribution in [0.5, 0.6) is 0 Å². The average Bonchev–Trinajstić information content (AvgIpc) is 3.45. The van der Waals surface area contributed by atoms with Crippen molar-refractivity contribution in [3.63, 3.8) is 0 Å². The summed E-state index contributed by atoms with van der Waals surface area (Å²) in [5.41, 5.74) is 8.54. The third kappa shape index (κ3) is 2.15. The Bertz CT molecular complexity index is 1970. The van der Waals surface area contributed by atoms with E-state index in [2.05, 4.69) is 109 Å². The first-order valence-corrected chi connectivity index (χ1v) is 12.2. The third-order valence-corrected chi connectivity index (χ3v) is 7.98. The van der Waals surface area contributed by atoms with E-state index in [0.717, 1.165) is 13.0 Å². The van der Waals surface area contributed by atoms with E-state index in [1.807, 2.05) is 0 Å². The first-order valence-electron chi connectivity index (χ1n) is 12.2. The van der Waals surface area contributed by atoms with Crippen LogP contribution in [0.4, 0.5) is 0 Å². The second-order valence-electron chi connectivity index (χ2n) is 9.54. The van der Waals surface area contributed by atoms with Crippen molar-refractivity contribution >= 4 is 54.1 Å². The zero-order valence-corrected chi connectivity index (χ0v) is 19.1. The van der Waals surface area contributed by atoms with Gasteiger partial charge in [0.05, 0.1) is 5.52 Å². The first-order chi connectivity index (χ1) is 16.8. The van der Waals surface area contributed by atoms with Crippen LogP contribution in [0.1, 0.15) is 18.1 Å². The largest absolute Gasteiger partial charge is 0.340 e. The summed E-state index contributed by atoms with van der Waals surface area (Å²) in [5.74, 6) is 0. The topological polar surface area (TPSA) is 4.93 Å². The molecule has 6 aromatic carbocycles. The maximum atomic E-state index is 2.55. The number of nitrogens with zero attached hydrogens (tertiary/aromatic N) is 1. The highest BCUT2D eigenvalue weighted by atomic mass is 15.0. The summed E-state index contributed by atoms with van der Waals surface area (Å²) in [6.07, 6.45) is 0.998. The maximum Gasteiger partial charge on any atom is 0.0574 e. The van der Waals surface area contributed by atoms with Crippen LogP contribution < -0.4 is 0 Å². The minimum Gasteiger partial charge on any atom is -0.340 e. The van der Waals surface area contributed by atoms with Crippen LogP contribution in [0.2, 0.25) is 0 Å². The van der Waals surface area contributed by atoms with Crippen LogP contribution in [0, 0.1) is 0 Å². The zero-order valence-electron chi connectivity index (χ0n) is 19.1. The molecule has 1 aromatic heterocycles. The van der Waals surface area contributed by atoms with Crippen molar-refractivity contribution in [2.45, 2.75) is 19.9 Å². The van der Waals surface area contributed by atoms with Gasteiger partial charge >= 0.3 is 0 Å². The van der Waals surface area contributed by atoms with E-state index >= 15 is 0 Å². The molecule has 0 spiro atoms. The monoisotopic (exact) mass is 433 g/mol. The molecule has 0 aliphatic heterocycles. The highest BCUT2D eigenvalue weighted by Gasteiger charge is 2.28. The summed E-state index contributed by atoms with van der Waals surface area (Å²) in [5, 5.41) is 10.9. The van der Waals surface area contributed by atoms with E-state index in [0.29, 0.717) is 0 Å². The average molecular weight is 434 g/mol. The van der Waals surface area contributed by atoms with Crippen molar-refractivity contribution in [3.05, 3.63) is 108 Å². The lowest BCUT2D eigenvalue weighted by Crippen LogP contribution is -1.95. The van der Waals surface area contributed by atoms with Crippen LogP contribution in [0.15, 0.2) is 97.1 Å². The Hall–Kier alpha value is -4.10. The van der Waals surface area contributed by atoms with E-state index in [9.17, 15) is 0 Å². The summed E-state index contributed by atoms with van der Waals surface area (Å²) < 4.78 is 2.55. The fraction of sp³-hybridized carbons (Fsp3) is 0.0909. The standard InChI is InChI=1S/C33H23N/c1-2-34-29-18-16-20-9-3-4-10-22(20)31(29)27-17-15-21-19-28-25-13-6-5-11-23(25)24-12-7-8-14-26(24)32(28)30(21)33(27)34/h3-18H,2,19H2,1H3. The Labute approximate surface area is 197 Å². The van der Waals surface area contributed by atoms with E-state index in [-0.39, 0.29) is 0 Å². The SMILES string of the molecule is CCn1c2ccc3ccccc3c2c2ccc3c(c21)-c1c(c2ccccc2c2ccccc12)C3. The Morgan fingerprint density at radius 1 is 0.588 bits per heavy atom. The van der Waals surface area contributed by atoms with Gasteiger partial charge in [-0.15, -0.1) is 0 Å². The van der Waals surface area contributed by atoms with Gasteiger partial charge in [0.25, 0.3) is 0 Å². The molecule has 0 fully saturated rings. The molecule has 0 atom stereocenters. The van der Waals surface area contributed by atoms with Gasteiger partial charge in [0, 0.05) is 28.4 Å². The first kappa shape index (κ1) is 18.3. The van der Waals surface area contributed by atoms with Gasteiger partial charge in [-0.1, -0.05) is 91.0 Å². The van der Waals surface area contributed by atoms with E-state index in [1.165, 1.54) is 76.4 Å². The molecule has 1 heterocycles. The van der Waals surface area contributed by atoms with Crippen molar-refractivity contribution in [1.82, 2.24) is 4.57 Å². The van der Waals surface area contributed by atoms with E-state index in [4.69, 9.17) is 0 Å². The van der Waals surface area contributed by atoms with Crippen LogP contribution in [0.25, 0.3) is 65.3 Å². The van der Waals surface area contributed by atoms with Gasteiger partial charge < -0.3 is 4.57 Å². The van der Waals surface area contributed by atoms with Gasteiger partial charge in [-0.2, -0.15) is 0 Å². The van der Waals surface area contributed by atoms with Crippen molar-refractivity contribution in [3.8, 4) is 11.1 Å². The molecule has 160 valence electrons. The number of hydrogen-bond acceptors (Lipinski definition) is 0. The Balaban J connectivity index is 1.63. The normalized spacial score (nSPS) is 12.9. The summed E-state index contributed by atoms with van der Waals surface area (Å²) in [6, 6.07) is 36.1. The number of fused-ring (bicyclic) bond motifs is 14. The molecule has 0 amide bonds. The molecule has 0 unspecified atom stereocenters. The van der Waals surface area contributed by atoms with Gasteiger partial charge in [-0.05, 0) is 68.4 Å². The molecular formula is C33H23N. The molecule has 7 aromatic rings. The zero-order chi connectivity index (χ0) is 22.4. The predicted octanol–water partition coefficient (Wildman–Crippen LogP) is 8.85. The molecule has 34 heavy (non-hydrogen) atoms. The van der Waals surface area contributed by atoms with Gasteiger partial charge in [0.15, 0.2) is 0 Å². The molecule has 1 heteroatoms. The number of aryl methyl sites for hydroxylation is 1. The van der Waals surface area contributed by atoms with E-state index < -0.39 is 0 Å². The molecule has 0 saturated heterocycles. The summed E-state index contributed by atoms with van der Waals surface area (Å²) in [7, 11) is 0. The fourth-order valence-electron chi connectivity index (χ4n) is 6.63. The minimum absolute atomic E-state index is 0.954. The van der Waals surface area contributed by atoms with E-state index in [1.54, 1.807) is 0 Å². The van der Waals surface area contributed by atoms with Crippen molar-refractivity contribution in [2.75, 3.05) is 0 Å². The minimum atomic E-state index is 0.954. The Kier molecular flexibility index (Phi) is 3.50. The molecule has 1 aliphatic carbocycles. The molecular weight excluding hydrogens is 410 g/mol. The predicted molar refractivity (Wildman–Crippen MR) is 146 cm³/mol. The van der Waals surface area contributed by atoms with Gasteiger partial charge in [-0.25, -0.2) is 0 Å². The Morgan fingerprint density at radius 3 is 2.06 bits per heavy atom. The molecule has 0 bridgehead atoms. The molecule has 0 saturated carbocycles. The fourth-order valence-corrected chi connectivity index (χ4v) is 6.63. The second kappa shape index (κ2) is 6.48. The summed E-state index contributed by atoms with van der Waals surface area (Å²) in [6.45, 7) is 3.23. The molecule has 0 radical (unpaired) electrons. The lowest BCUT2D eigenvalue weighted by Gasteiger charge is -2.14. The quantitative estimate of drug-likeness (QED) is 0.228. The lowest BCUT2D eigenvalue weighted by molar-refractivity contribution is 0.828.